The normalized spacial score (nSPS) is 12.9. The van der Waals surface area contributed by atoms with E-state index in [0.717, 1.165) is 0 Å². The standard InChI is InChI=1S/C6H8N2O2S/c7-4-5-6(11(9)10)2-1-3-8-5/h1-3H,4,7H2,(H,9,10). The Hall–Kier alpha value is -0.780. The number of hydrogen-bond acceptors (Lipinski definition) is 3. The average Bonchev–Trinajstić information content (AvgIpc) is 2.04. The van der Waals surface area contributed by atoms with Crippen molar-refractivity contribution in [1.82, 2.24) is 4.98 Å². The zero-order valence-corrected chi connectivity index (χ0v) is 6.54. The molecule has 11 heavy (non-hydrogen) atoms. The SMILES string of the molecule is NCc1ncccc1S(=O)O. The third-order valence-electron chi connectivity index (χ3n) is 1.23. The first kappa shape index (κ1) is 8.32. The van der Waals surface area contributed by atoms with Crippen molar-refractivity contribution in [3.05, 3.63) is 24.0 Å². The molecule has 1 atom stereocenters. The van der Waals surface area contributed by atoms with Gasteiger partial charge in [0.05, 0.1) is 10.6 Å². The Morgan fingerprint density at radius 2 is 2.45 bits per heavy atom. The van der Waals surface area contributed by atoms with E-state index in [0.29, 0.717) is 5.69 Å². The topological polar surface area (TPSA) is 76.2 Å². The number of rotatable bonds is 2. The van der Waals surface area contributed by atoms with Gasteiger partial charge in [-0.25, -0.2) is 4.21 Å². The van der Waals surface area contributed by atoms with E-state index in [1.807, 2.05) is 0 Å². The fourth-order valence-corrected chi connectivity index (χ4v) is 1.27. The molecule has 0 bridgehead atoms. The van der Waals surface area contributed by atoms with Crippen LogP contribution in [0.1, 0.15) is 5.69 Å². The molecule has 0 aliphatic heterocycles. The molecule has 0 saturated carbocycles. The lowest BCUT2D eigenvalue weighted by atomic mass is 10.3. The second kappa shape index (κ2) is 3.56. The van der Waals surface area contributed by atoms with Gasteiger partial charge >= 0.3 is 0 Å². The Labute approximate surface area is 66.7 Å². The van der Waals surface area contributed by atoms with Crippen LogP contribution in [0.3, 0.4) is 0 Å². The first-order chi connectivity index (χ1) is 5.25. The molecule has 1 aromatic rings. The zero-order valence-electron chi connectivity index (χ0n) is 5.73. The summed E-state index contributed by atoms with van der Waals surface area (Å²) >= 11 is -1.98. The van der Waals surface area contributed by atoms with Gasteiger partial charge in [0.25, 0.3) is 0 Å². The highest BCUT2D eigenvalue weighted by molar-refractivity contribution is 7.79. The first-order valence-electron chi connectivity index (χ1n) is 3.00. The van der Waals surface area contributed by atoms with Crippen LogP contribution in [0.4, 0.5) is 0 Å². The summed E-state index contributed by atoms with van der Waals surface area (Å²) in [7, 11) is 0. The van der Waals surface area contributed by atoms with Crippen LogP contribution in [-0.4, -0.2) is 13.7 Å². The summed E-state index contributed by atoms with van der Waals surface area (Å²) in [6.07, 6.45) is 1.54. The Kier molecular flexibility index (Phi) is 2.70. The second-order valence-corrected chi connectivity index (χ2v) is 2.84. The number of nitrogens with zero attached hydrogens (tertiary/aromatic N) is 1. The van der Waals surface area contributed by atoms with Crippen molar-refractivity contribution in [2.75, 3.05) is 0 Å². The molecule has 5 heteroatoms. The lowest BCUT2D eigenvalue weighted by Crippen LogP contribution is -2.04. The zero-order chi connectivity index (χ0) is 8.27. The van der Waals surface area contributed by atoms with Crippen molar-refractivity contribution >= 4 is 11.1 Å². The average molecular weight is 172 g/mol. The van der Waals surface area contributed by atoms with Gasteiger partial charge in [0.15, 0.2) is 11.1 Å². The minimum atomic E-state index is -1.98. The molecule has 0 aliphatic carbocycles. The quantitative estimate of drug-likeness (QED) is 0.621. The van der Waals surface area contributed by atoms with E-state index in [-0.39, 0.29) is 11.4 Å². The van der Waals surface area contributed by atoms with Crippen LogP contribution >= 0.6 is 0 Å². The number of hydrogen-bond donors (Lipinski definition) is 2. The van der Waals surface area contributed by atoms with Gasteiger partial charge in [-0.05, 0) is 12.1 Å². The maximum atomic E-state index is 10.6. The summed E-state index contributed by atoms with van der Waals surface area (Å²) in [4.78, 5) is 4.13. The summed E-state index contributed by atoms with van der Waals surface area (Å²) < 4.78 is 19.3. The summed E-state index contributed by atoms with van der Waals surface area (Å²) in [6, 6.07) is 3.13. The van der Waals surface area contributed by atoms with E-state index in [4.69, 9.17) is 10.3 Å². The maximum absolute atomic E-state index is 10.6. The minimum absolute atomic E-state index is 0.183. The third kappa shape index (κ3) is 1.83. The molecule has 1 unspecified atom stereocenters. The highest BCUT2D eigenvalue weighted by Gasteiger charge is 2.05. The van der Waals surface area contributed by atoms with E-state index in [1.165, 1.54) is 6.07 Å². The summed E-state index contributed by atoms with van der Waals surface area (Å²) in [6.45, 7) is 0.183. The van der Waals surface area contributed by atoms with Crippen LogP contribution in [0.5, 0.6) is 0 Å². The van der Waals surface area contributed by atoms with Gasteiger partial charge in [0, 0.05) is 12.7 Å². The Morgan fingerprint density at radius 1 is 1.73 bits per heavy atom. The molecule has 0 radical (unpaired) electrons. The van der Waals surface area contributed by atoms with Gasteiger partial charge in [0.1, 0.15) is 0 Å². The summed E-state index contributed by atoms with van der Waals surface area (Å²) in [5, 5.41) is 0. The van der Waals surface area contributed by atoms with Gasteiger partial charge in [-0.15, -0.1) is 0 Å². The van der Waals surface area contributed by atoms with Crippen molar-refractivity contribution in [3.63, 3.8) is 0 Å². The molecule has 1 aromatic heterocycles. The van der Waals surface area contributed by atoms with Gasteiger partial charge in [-0.1, -0.05) is 0 Å². The van der Waals surface area contributed by atoms with Crippen LogP contribution in [-0.2, 0) is 17.6 Å². The molecule has 0 amide bonds. The predicted octanol–water partition coefficient (Wildman–Crippen LogP) is 0.121. The van der Waals surface area contributed by atoms with E-state index in [1.54, 1.807) is 12.3 Å². The number of nitrogens with two attached hydrogens (primary N) is 1. The van der Waals surface area contributed by atoms with Crippen LogP contribution in [0.2, 0.25) is 0 Å². The fraction of sp³-hybridized carbons (Fsp3) is 0.167. The predicted molar refractivity (Wildman–Crippen MR) is 41.2 cm³/mol. The molecule has 0 spiro atoms. The monoisotopic (exact) mass is 172 g/mol. The largest absolute Gasteiger partial charge is 0.325 e. The number of pyridine rings is 1. The molecule has 0 aliphatic rings. The molecule has 0 saturated heterocycles. The van der Waals surface area contributed by atoms with Crippen molar-refractivity contribution in [2.24, 2.45) is 5.73 Å². The Bertz CT molecular complexity index is 277. The van der Waals surface area contributed by atoms with Crippen molar-refractivity contribution in [2.45, 2.75) is 11.4 Å². The molecule has 60 valence electrons. The maximum Gasteiger partial charge on any atom is 0.188 e. The van der Waals surface area contributed by atoms with E-state index in [9.17, 15) is 4.21 Å². The van der Waals surface area contributed by atoms with Crippen molar-refractivity contribution in [1.29, 1.82) is 0 Å². The second-order valence-electron chi connectivity index (χ2n) is 1.90. The molecular weight excluding hydrogens is 164 g/mol. The minimum Gasteiger partial charge on any atom is -0.325 e. The summed E-state index contributed by atoms with van der Waals surface area (Å²) in [5.41, 5.74) is 5.75. The lowest BCUT2D eigenvalue weighted by Gasteiger charge is -1.99. The van der Waals surface area contributed by atoms with Crippen LogP contribution in [0, 0.1) is 0 Å². The summed E-state index contributed by atoms with van der Waals surface area (Å²) in [5.74, 6) is 0. The lowest BCUT2D eigenvalue weighted by molar-refractivity contribution is 0.562. The molecule has 3 N–H and O–H groups in total. The highest BCUT2D eigenvalue weighted by Crippen LogP contribution is 2.07. The molecule has 1 rings (SSSR count). The number of aromatic nitrogens is 1. The van der Waals surface area contributed by atoms with Crippen molar-refractivity contribution < 1.29 is 8.76 Å². The van der Waals surface area contributed by atoms with Gasteiger partial charge in [-0.3, -0.25) is 4.98 Å². The first-order valence-corrected chi connectivity index (χ1v) is 4.11. The van der Waals surface area contributed by atoms with E-state index in [2.05, 4.69) is 4.98 Å². The van der Waals surface area contributed by atoms with Crippen molar-refractivity contribution in [3.8, 4) is 0 Å². The van der Waals surface area contributed by atoms with Crippen LogP contribution in [0.25, 0.3) is 0 Å². The van der Waals surface area contributed by atoms with Crippen LogP contribution < -0.4 is 5.73 Å². The molecule has 0 aromatic carbocycles. The highest BCUT2D eigenvalue weighted by atomic mass is 32.2. The van der Waals surface area contributed by atoms with E-state index < -0.39 is 11.1 Å². The third-order valence-corrected chi connectivity index (χ3v) is 1.98. The van der Waals surface area contributed by atoms with Crippen LogP contribution in [0.15, 0.2) is 23.2 Å². The van der Waals surface area contributed by atoms with Gasteiger partial charge in [-0.2, -0.15) is 0 Å². The smallest absolute Gasteiger partial charge is 0.188 e. The Balaban J connectivity index is 3.12. The van der Waals surface area contributed by atoms with E-state index >= 15 is 0 Å². The molecule has 0 fully saturated rings. The molecular formula is C6H8N2O2S. The molecule has 4 nitrogen and oxygen atoms in total. The van der Waals surface area contributed by atoms with Gasteiger partial charge in [0.2, 0.25) is 0 Å². The fourth-order valence-electron chi connectivity index (χ4n) is 0.736. The molecule has 1 heterocycles. The Morgan fingerprint density at radius 3 is 2.91 bits per heavy atom. The van der Waals surface area contributed by atoms with Gasteiger partial charge < -0.3 is 10.3 Å².